The first kappa shape index (κ1) is 19.3. The first-order valence-electron chi connectivity index (χ1n) is 7.91. The van der Waals surface area contributed by atoms with Crippen LogP contribution in [0.2, 0.25) is 0 Å². The Kier molecular flexibility index (Phi) is 5.50. The maximum absolute atomic E-state index is 11.3. The highest BCUT2D eigenvalue weighted by atomic mass is 35.5. The van der Waals surface area contributed by atoms with Crippen LogP contribution in [0, 0.1) is 0 Å². The van der Waals surface area contributed by atoms with Gasteiger partial charge in [0.15, 0.2) is 0 Å². The fraction of sp³-hybridized carbons (Fsp3) is 0.111. The predicted molar refractivity (Wildman–Crippen MR) is 111 cm³/mol. The maximum atomic E-state index is 11.3. The Morgan fingerprint density at radius 3 is 2.59 bits per heavy atom. The third kappa shape index (κ3) is 4.65. The van der Waals surface area contributed by atoms with E-state index in [4.69, 9.17) is 0 Å². The molecule has 4 aromatic rings. The summed E-state index contributed by atoms with van der Waals surface area (Å²) in [5.41, 5.74) is 4.26. The van der Waals surface area contributed by atoms with Crippen molar-refractivity contribution < 1.29 is 8.42 Å². The number of rotatable bonds is 5. The molecule has 140 valence electrons. The third-order valence-electron chi connectivity index (χ3n) is 3.78. The van der Waals surface area contributed by atoms with E-state index in [9.17, 15) is 8.42 Å². The number of nitrogens with one attached hydrogen (secondary N) is 1. The predicted octanol–water partition coefficient (Wildman–Crippen LogP) is 3.84. The summed E-state index contributed by atoms with van der Waals surface area (Å²) in [6.07, 6.45) is 5.81. The molecule has 3 heterocycles. The van der Waals surface area contributed by atoms with E-state index in [-0.39, 0.29) is 12.4 Å². The molecule has 0 radical (unpaired) electrons. The van der Waals surface area contributed by atoms with Crippen molar-refractivity contribution in [2.24, 2.45) is 0 Å². The van der Waals surface area contributed by atoms with Gasteiger partial charge in [-0.3, -0.25) is 4.72 Å². The molecule has 3 aromatic heterocycles. The van der Waals surface area contributed by atoms with Crippen LogP contribution < -0.4 is 4.72 Å². The lowest BCUT2D eigenvalue weighted by Crippen LogP contribution is -2.09. The van der Waals surface area contributed by atoms with Gasteiger partial charge in [0, 0.05) is 35.4 Å². The molecule has 1 aromatic carbocycles. The van der Waals surface area contributed by atoms with Gasteiger partial charge in [0.2, 0.25) is 10.0 Å². The number of hydrogen-bond donors (Lipinski definition) is 1. The van der Waals surface area contributed by atoms with Crippen LogP contribution in [-0.4, -0.2) is 29.0 Å². The van der Waals surface area contributed by atoms with Crippen LogP contribution in [-0.2, 0) is 16.4 Å². The van der Waals surface area contributed by atoms with Crippen LogP contribution in [0.15, 0.2) is 60.2 Å². The monoisotopic (exact) mass is 420 g/mol. The number of halogens is 1. The van der Waals surface area contributed by atoms with Crippen molar-refractivity contribution in [3.63, 3.8) is 0 Å². The molecule has 0 spiro atoms. The van der Waals surface area contributed by atoms with E-state index in [1.54, 1.807) is 23.5 Å². The number of nitrogens with zero attached hydrogens (tertiary/aromatic N) is 3. The van der Waals surface area contributed by atoms with Crippen LogP contribution in [0.1, 0.15) is 10.7 Å². The molecule has 0 aliphatic heterocycles. The first-order valence-corrected chi connectivity index (χ1v) is 10.7. The van der Waals surface area contributed by atoms with Gasteiger partial charge in [-0.2, -0.15) is 0 Å². The summed E-state index contributed by atoms with van der Waals surface area (Å²) in [5, 5.41) is 2.99. The summed E-state index contributed by atoms with van der Waals surface area (Å²) < 4.78 is 27.0. The van der Waals surface area contributed by atoms with E-state index < -0.39 is 10.0 Å². The molecule has 0 aliphatic rings. The summed E-state index contributed by atoms with van der Waals surface area (Å²) in [6.45, 7) is 0. The van der Waals surface area contributed by atoms with E-state index in [0.29, 0.717) is 12.1 Å². The van der Waals surface area contributed by atoms with Gasteiger partial charge in [-0.1, -0.05) is 18.2 Å². The molecule has 4 rings (SSSR count). The van der Waals surface area contributed by atoms with Crippen molar-refractivity contribution in [2.45, 2.75) is 6.42 Å². The van der Waals surface area contributed by atoms with Gasteiger partial charge >= 0.3 is 0 Å². The SMILES string of the molecule is CS(=O)(=O)Nc1ccc(-c2csc(Cc3cn4ccccc4n3)n2)cc1.Cl. The van der Waals surface area contributed by atoms with Gasteiger partial charge < -0.3 is 4.40 Å². The number of thiazole rings is 1. The van der Waals surface area contributed by atoms with E-state index in [2.05, 4.69) is 14.7 Å². The van der Waals surface area contributed by atoms with E-state index in [0.717, 1.165) is 33.9 Å². The van der Waals surface area contributed by atoms with Crippen molar-refractivity contribution in [2.75, 3.05) is 11.0 Å². The molecule has 6 nitrogen and oxygen atoms in total. The molecular weight excluding hydrogens is 404 g/mol. The quantitative estimate of drug-likeness (QED) is 0.532. The van der Waals surface area contributed by atoms with Crippen LogP contribution in [0.3, 0.4) is 0 Å². The number of anilines is 1. The Labute approximate surface area is 167 Å². The average Bonchev–Trinajstić information content (AvgIpc) is 3.20. The molecule has 0 fully saturated rings. The minimum atomic E-state index is -3.27. The second kappa shape index (κ2) is 7.67. The standard InChI is InChI=1S/C18H16N4O2S2.ClH/c1-26(23,24)21-14-7-5-13(6-8-14)16-12-25-18(20-16)10-15-11-22-9-3-2-4-17(22)19-15;/h2-9,11-12,21H,10H2,1H3;1H. The van der Waals surface area contributed by atoms with Crippen molar-refractivity contribution in [1.82, 2.24) is 14.4 Å². The number of hydrogen-bond acceptors (Lipinski definition) is 5. The molecule has 1 N–H and O–H groups in total. The first-order chi connectivity index (χ1) is 12.5. The van der Waals surface area contributed by atoms with Crippen LogP contribution in [0.4, 0.5) is 5.69 Å². The zero-order valence-corrected chi connectivity index (χ0v) is 16.8. The lowest BCUT2D eigenvalue weighted by atomic mass is 10.1. The molecule has 0 atom stereocenters. The second-order valence-corrected chi connectivity index (χ2v) is 8.64. The number of sulfonamides is 1. The highest BCUT2D eigenvalue weighted by Gasteiger charge is 2.09. The van der Waals surface area contributed by atoms with Gasteiger partial charge in [0.05, 0.1) is 22.7 Å². The maximum Gasteiger partial charge on any atom is 0.229 e. The van der Waals surface area contributed by atoms with Crippen molar-refractivity contribution in [3.05, 3.63) is 70.9 Å². The molecule has 0 amide bonds. The highest BCUT2D eigenvalue weighted by molar-refractivity contribution is 7.92. The second-order valence-electron chi connectivity index (χ2n) is 5.95. The molecule has 9 heteroatoms. The summed E-state index contributed by atoms with van der Waals surface area (Å²) in [7, 11) is -3.27. The topological polar surface area (TPSA) is 76.4 Å². The molecule has 0 saturated carbocycles. The highest BCUT2D eigenvalue weighted by Crippen LogP contribution is 2.25. The Bertz CT molecular complexity index is 1130. The Morgan fingerprint density at radius 2 is 1.89 bits per heavy atom. The summed E-state index contributed by atoms with van der Waals surface area (Å²) in [4.78, 5) is 9.28. The molecule has 0 bridgehead atoms. The van der Waals surface area contributed by atoms with E-state index in [1.165, 1.54) is 0 Å². The molecular formula is C18H17ClN4O2S2. The van der Waals surface area contributed by atoms with Crippen molar-refractivity contribution in [1.29, 1.82) is 0 Å². The zero-order chi connectivity index (χ0) is 18.1. The van der Waals surface area contributed by atoms with Crippen LogP contribution >= 0.6 is 23.7 Å². The summed E-state index contributed by atoms with van der Waals surface area (Å²) >= 11 is 1.59. The summed E-state index contributed by atoms with van der Waals surface area (Å²) in [6, 6.07) is 13.1. The largest absolute Gasteiger partial charge is 0.307 e. The lowest BCUT2D eigenvalue weighted by Gasteiger charge is -2.04. The molecule has 0 saturated heterocycles. The fourth-order valence-electron chi connectivity index (χ4n) is 2.68. The minimum absolute atomic E-state index is 0. The van der Waals surface area contributed by atoms with Gasteiger partial charge in [-0.05, 0) is 24.3 Å². The van der Waals surface area contributed by atoms with Crippen LogP contribution in [0.5, 0.6) is 0 Å². The zero-order valence-electron chi connectivity index (χ0n) is 14.4. The Morgan fingerprint density at radius 1 is 1.11 bits per heavy atom. The van der Waals surface area contributed by atoms with Gasteiger partial charge in [0.25, 0.3) is 0 Å². The third-order valence-corrected chi connectivity index (χ3v) is 5.24. The van der Waals surface area contributed by atoms with Gasteiger partial charge in [-0.25, -0.2) is 18.4 Å². The normalized spacial score (nSPS) is 11.3. The number of pyridine rings is 1. The Hall–Kier alpha value is -2.42. The van der Waals surface area contributed by atoms with Crippen molar-refractivity contribution in [3.8, 4) is 11.3 Å². The Balaban J connectivity index is 0.00000210. The average molecular weight is 421 g/mol. The smallest absolute Gasteiger partial charge is 0.229 e. The molecule has 27 heavy (non-hydrogen) atoms. The van der Waals surface area contributed by atoms with Crippen LogP contribution in [0.25, 0.3) is 16.9 Å². The van der Waals surface area contributed by atoms with E-state index >= 15 is 0 Å². The number of fused-ring (bicyclic) bond motifs is 1. The number of imidazole rings is 1. The minimum Gasteiger partial charge on any atom is -0.307 e. The summed E-state index contributed by atoms with van der Waals surface area (Å²) in [5.74, 6) is 0. The lowest BCUT2D eigenvalue weighted by molar-refractivity contribution is 0.607. The van der Waals surface area contributed by atoms with Gasteiger partial charge in [0.1, 0.15) is 5.65 Å². The van der Waals surface area contributed by atoms with Gasteiger partial charge in [-0.15, -0.1) is 23.7 Å². The molecule has 0 unspecified atom stereocenters. The van der Waals surface area contributed by atoms with Crippen molar-refractivity contribution >= 4 is 45.1 Å². The number of aromatic nitrogens is 3. The fourth-order valence-corrected chi connectivity index (χ4v) is 4.06. The number of benzene rings is 1. The molecule has 0 aliphatic carbocycles. The van der Waals surface area contributed by atoms with E-state index in [1.807, 2.05) is 52.5 Å².